The summed E-state index contributed by atoms with van der Waals surface area (Å²) in [5.41, 5.74) is 0.451. The fraction of sp³-hybridized carbons (Fsp3) is 0.714. The summed E-state index contributed by atoms with van der Waals surface area (Å²) in [6, 6.07) is 6.68. The Morgan fingerprint density at radius 2 is 1.65 bits per heavy atom. The topological polar surface area (TPSA) is 50.7 Å². The highest BCUT2D eigenvalue weighted by Gasteiger charge is 2.46. The zero-order chi connectivity index (χ0) is 18.8. The van der Waals surface area contributed by atoms with Gasteiger partial charge in [-0.25, -0.2) is 4.39 Å². The van der Waals surface area contributed by atoms with Crippen LogP contribution >= 0.6 is 0 Å². The molecule has 1 aliphatic carbocycles. The average molecular weight is 365 g/mol. The summed E-state index contributed by atoms with van der Waals surface area (Å²) in [7, 11) is 0. The molecule has 2 fully saturated rings. The van der Waals surface area contributed by atoms with Gasteiger partial charge in [0.05, 0.1) is 18.8 Å². The van der Waals surface area contributed by atoms with Crippen molar-refractivity contribution >= 4 is 0 Å². The van der Waals surface area contributed by atoms with Crippen LogP contribution in [0.5, 0.6) is 0 Å². The lowest BCUT2D eigenvalue weighted by Gasteiger charge is -2.48. The van der Waals surface area contributed by atoms with Gasteiger partial charge in [-0.2, -0.15) is 0 Å². The normalized spacial score (nSPS) is 25.1. The Hall–Kier alpha value is -1.01. The number of halogens is 1. The van der Waals surface area contributed by atoms with Crippen LogP contribution in [-0.4, -0.2) is 36.3 Å². The minimum atomic E-state index is -0.666. The van der Waals surface area contributed by atoms with Gasteiger partial charge in [-0.05, 0) is 50.4 Å². The van der Waals surface area contributed by atoms with Gasteiger partial charge in [0.15, 0.2) is 5.79 Å². The second-order valence-corrected chi connectivity index (χ2v) is 8.85. The fourth-order valence-electron chi connectivity index (χ4n) is 3.76. The monoisotopic (exact) mass is 365 g/mol. The highest BCUT2D eigenvalue weighted by molar-refractivity contribution is 5.19. The van der Waals surface area contributed by atoms with E-state index in [0.717, 1.165) is 24.9 Å². The molecule has 0 unspecified atom stereocenters. The van der Waals surface area contributed by atoms with Gasteiger partial charge in [0.1, 0.15) is 5.82 Å². The molecule has 0 aromatic heterocycles. The average Bonchev–Trinajstić information content (AvgIpc) is 2.61. The second-order valence-electron chi connectivity index (χ2n) is 8.85. The van der Waals surface area contributed by atoms with Crippen molar-refractivity contribution in [2.45, 2.75) is 70.3 Å². The third kappa shape index (κ3) is 4.83. The zero-order valence-corrected chi connectivity index (χ0v) is 16.2. The molecule has 4 nitrogen and oxygen atoms in total. The van der Waals surface area contributed by atoms with E-state index in [2.05, 4.69) is 26.1 Å². The molecule has 0 amide bonds. The molecule has 146 valence electrons. The Morgan fingerprint density at radius 3 is 2.23 bits per heavy atom. The standard InChI is InChI=1S/C21H32FNO3/c1-16(17-4-6-18(22)7-5-17)23-13-12-20(24)8-10-21(11-9-20)25-14-19(2,3)15-26-21/h4-7,16,23-24H,8-15H2,1-3H3/t16-/m0/s1. The molecule has 0 bridgehead atoms. The van der Waals surface area contributed by atoms with Crippen molar-refractivity contribution in [2.24, 2.45) is 5.41 Å². The van der Waals surface area contributed by atoms with Crippen molar-refractivity contribution in [3.8, 4) is 0 Å². The van der Waals surface area contributed by atoms with Crippen molar-refractivity contribution in [3.63, 3.8) is 0 Å². The van der Waals surface area contributed by atoms with Crippen LogP contribution in [0.3, 0.4) is 0 Å². The van der Waals surface area contributed by atoms with Crippen molar-refractivity contribution < 1.29 is 19.0 Å². The molecule has 1 aromatic carbocycles. The third-order valence-electron chi connectivity index (χ3n) is 5.81. The van der Waals surface area contributed by atoms with E-state index in [0.29, 0.717) is 32.5 Å². The number of aliphatic hydroxyl groups is 1. The summed E-state index contributed by atoms with van der Waals surface area (Å²) in [4.78, 5) is 0. The van der Waals surface area contributed by atoms with Crippen LogP contribution in [0.15, 0.2) is 24.3 Å². The van der Waals surface area contributed by atoms with Gasteiger partial charge in [-0.15, -0.1) is 0 Å². The molecule has 1 saturated heterocycles. The molecule has 1 spiro atoms. The summed E-state index contributed by atoms with van der Waals surface area (Å²) >= 11 is 0. The Kier molecular flexibility index (Phi) is 5.73. The van der Waals surface area contributed by atoms with E-state index in [4.69, 9.17) is 9.47 Å². The molecule has 1 heterocycles. The summed E-state index contributed by atoms with van der Waals surface area (Å²) in [6.45, 7) is 8.49. The fourth-order valence-corrected chi connectivity index (χ4v) is 3.76. The van der Waals surface area contributed by atoms with Crippen molar-refractivity contribution in [1.82, 2.24) is 5.32 Å². The molecule has 1 aromatic rings. The summed E-state index contributed by atoms with van der Waals surface area (Å²) in [5.74, 6) is -0.710. The van der Waals surface area contributed by atoms with Gasteiger partial charge in [0, 0.05) is 24.3 Å². The van der Waals surface area contributed by atoms with E-state index < -0.39 is 11.4 Å². The third-order valence-corrected chi connectivity index (χ3v) is 5.81. The van der Waals surface area contributed by atoms with Crippen LogP contribution in [0, 0.1) is 11.2 Å². The maximum absolute atomic E-state index is 13.0. The molecule has 3 rings (SSSR count). The second kappa shape index (κ2) is 7.55. The first kappa shape index (κ1) is 19.7. The molecular formula is C21H32FNO3. The van der Waals surface area contributed by atoms with E-state index in [-0.39, 0.29) is 17.3 Å². The van der Waals surface area contributed by atoms with E-state index in [9.17, 15) is 9.50 Å². The Labute approximate surface area is 156 Å². The summed E-state index contributed by atoms with van der Waals surface area (Å²) in [5, 5.41) is 14.3. The van der Waals surface area contributed by atoms with Crippen molar-refractivity contribution in [1.29, 1.82) is 0 Å². The SMILES string of the molecule is C[C@H](NCCC1(O)CCC2(CC1)OCC(C)(C)CO2)c1ccc(F)cc1. The maximum atomic E-state index is 13.0. The minimum Gasteiger partial charge on any atom is -0.390 e. The first-order chi connectivity index (χ1) is 12.2. The van der Waals surface area contributed by atoms with E-state index in [1.54, 1.807) is 12.1 Å². The predicted molar refractivity (Wildman–Crippen MR) is 99.3 cm³/mol. The summed E-state index contributed by atoms with van der Waals surface area (Å²) in [6.07, 6.45) is 3.57. The molecule has 1 saturated carbocycles. The summed E-state index contributed by atoms with van der Waals surface area (Å²) < 4.78 is 25.1. The van der Waals surface area contributed by atoms with Gasteiger partial charge in [-0.1, -0.05) is 26.0 Å². The molecule has 1 aliphatic heterocycles. The van der Waals surface area contributed by atoms with Crippen molar-refractivity contribution in [3.05, 3.63) is 35.6 Å². The molecule has 5 heteroatoms. The minimum absolute atomic E-state index is 0.0689. The van der Waals surface area contributed by atoms with Crippen LogP contribution < -0.4 is 5.32 Å². The van der Waals surface area contributed by atoms with Crippen LogP contribution in [0.4, 0.5) is 4.39 Å². The number of rotatable bonds is 5. The van der Waals surface area contributed by atoms with Gasteiger partial charge in [0.25, 0.3) is 0 Å². The number of benzene rings is 1. The lowest BCUT2D eigenvalue weighted by atomic mass is 9.78. The Morgan fingerprint density at radius 1 is 1.08 bits per heavy atom. The van der Waals surface area contributed by atoms with Gasteiger partial charge < -0.3 is 19.9 Å². The molecule has 2 aliphatic rings. The van der Waals surface area contributed by atoms with Crippen LogP contribution in [-0.2, 0) is 9.47 Å². The Bertz CT molecular complexity index is 582. The Balaban J connectivity index is 1.44. The van der Waals surface area contributed by atoms with Gasteiger partial charge in [-0.3, -0.25) is 0 Å². The van der Waals surface area contributed by atoms with Gasteiger partial charge >= 0.3 is 0 Å². The predicted octanol–water partition coefficient (Wildman–Crippen LogP) is 3.94. The maximum Gasteiger partial charge on any atom is 0.168 e. The highest BCUT2D eigenvalue weighted by Crippen LogP contribution is 2.43. The van der Waals surface area contributed by atoms with E-state index >= 15 is 0 Å². The van der Waals surface area contributed by atoms with Crippen LogP contribution in [0.25, 0.3) is 0 Å². The number of hydrogen-bond donors (Lipinski definition) is 2. The van der Waals surface area contributed by atoms with Crippen LogP contribution in [0.2, 0.25) is 0 Å². The number of ether oxygens (including phenoxy) is 2. The van der Waals surface area contributed by atoms with Crippen molar-refractivity contribution in [2.75, 3.05) is 19.8 Å². The molecular weight excluding hydrogens is 333 g/mol. The first-order valence-corrected chi connectivity index (χ1v) is 9.70. The van der Waals surface area contributed by atoms with Crippen LogP contribution in [0.1, 0.15) is 64.5 Å². The number of nitrogens with one attached hydrogen (secondary N) is 1. The molecule has 1 atom stereocenters. The molecule has 2 N–H and O–H groups in total. The lowest BCUT2D eigenvalue weighted by molar-refractivity contribution is -0.319. The van der Waals surface area contributed by atoms with Gasteiger partial charge in [0.2, 0.25) is 0 Å². The smallest absolute Gasteiger partial charge is 0.168 e. The first-order valence-electron chi connectivity index (χ1n) is 9.70. The highest BCUT2D eigenvalue weighted by atomic mass is 19.1. The molecule has 0 radical (unpaired) electrons. The largest absolute Gasteiger partial charge is 0.390 e. The lowest BCUT2D eigenvalue weighted by Crippen LogP contribution is -2.52. The quantitative estimate of drug-likeness (QED) is 0.830. The molecule has 26 heavy (non-hydrogen) atoms. The zero-order valence-electron chi connectivity index (χ0n) is 16.2. The van der Waals surface area contributed by atoms with E-state index in [1.165, 1.54) is 12.1 Å². The number of hydrogen-bond acceptors (Lipinski definition) is 4. The van der Waals surface area contributed by atoms with E-state index in [1.807, 2.05) is 0 Å².